The van der Waals surface area contributed by atoms with Crippen LogP contribution in [0.2, 0.25) is 0 Å². The van der Waals surface area contributed by atoms with Crippen LogP contribution in [0.4, 0.5) is 5.00 Å². The summed E-state index contributed by atoms with van der Waals surface area (Å²) in [5.41, 5.74) is 0.121. The zero-order valence-corrected chi connectivity index (χ0v) is 11.4. The van der Waals surface area contributed by atoms with Crippen LogP contribution in [0, 0.1) is 11.3 Å². The van der Waals surface area contributed by atoms with Gasteiger partial charge < -0.3 is 10.4 Å². The van der Waals surface area contributed by atoms with E-state index in [-0.39, 0.29) is 23.0 Å². The Balaban J connectivity index is 2.71. The van der Waals surface area contributed by atoms with Gasteiger partial charge in [-0.1, -0.05) is 6.92 Å². The maximum Gasteiger partial charge on any atom is 0.338 e. The molecule has 18 heavy (non-hydrogen) atoms. The number of carbonyl (C=O) groups excluding carboxylic acids is 1. The summed E-state index contributed by atoms with van der Waals surface area (Å²) < 4.78 is 0. The van der Waals surface area contributed by atoms with Crippen molar-refractivity contribution in [2.45, 2.75) is 13.3 Å². The van der Waals surface area contributed by atoms with Gasteiger partial charge in [0, 0.05) is 4.88 Å². The van der Waals surface area contributed by atoms with E-state index in [2.05, 4.69) is 5.32 Å². The molecule has 0 aliphatic heterocycles. The molecule has 0 atom stereocenters. The van der Waals surface area contributed by atoms with Gasteiger partial charge >= 0.3 is 5.97 Å². The Morgan fingerprint density at radius 1 is 1.61 bits per heavy atom. The number of thioether (sulfide) groups is 1. The van der Waals surface area contributed by atoms with Crippen molar-refractivity contribution in [3.8, 4) is 6.07 Å². The van der Waals surface area contributed by atoms with Gasteiger partial charge in [-0.05, 0) is 12.5 Å². The highest BCUT2D eigenvalue weighted by Crippen LogP contribution is 2.28. The van der Waals surface area contributed by atoms with Gasteiger partial charge in [-0.25, -0.2) is 4.79 Å². The molecule has 0 aliphatic rings. The molecular weight excluding hydrogens is 272 g/mol. The molecule has 0 fully saturated rings. The Hall–Kier alpha value is -1.52. The molecule has 0 aromatic carbocycles. The Bertz CT molecular complexity index is 491. The number of amides is 1. The van der Waals surface area contributed by atoms with Gasteiger partial charge in [0.1, 0.15) is 5.00 Å². The second kappa shape index (κ2) is 7.03. The number of carboxylic acids is 1. The maximum absolute atomic E-state index is 11.5. The molecule has 1 aromatic heterocycles. The van der Waals surface area contributed by atoms with Crippen molar-refractivity contribution in [1.82, 2.24) is 0 Å². The van der Waals surface area contributed by atoms with E-state index in [4.69, 9.17) is 10.4 Å². The summed E-state index contributed by atoms with van der Waals surface area (Å²) in [5, 5.41) is 20.3. The first-order chi connectivity index (χ1) is 8.58. The van der Waals surface area contributed by atoms with E-state index in [9.17, 15) is 9.59 Å². The summed E-state index contributed by atoms with van der Waals surface area (Å²) >= 11 is 2.46. The molecule has 0 aliphatic carbocycles. The highest BCUT2D eigenvalue weighted by Gasteiger charge is 2.16. The number of carbonyl (C=O) groups is 2. The first-order valence-corrected chi connectivity index (χ1v) is 7.16. The molecule has 2 N–H and O–H groups in total. The third-order valence-corrected chi connectivity index (χ3v) is 4.01. The van der Waals surface area contributed by atoms with Gasteiger partial charge in [0.05, 0.1) is 23.1 Å². The lowest BCUT2D eigenvalue weighted by atomic mass is 10.2. The Kier molecular flexibility index (Phi) is 5.68. The van der Waals surface area contributed by atoms with Crippen molar-refractivity contribution in [2.75, 3.05) is 16.8 Å². The van der Waals surface area contributed by atoms with E-state index in [1.54, 1.807) is 6.07 Å². The minimum Gasteiger partial charge on any atom is -0.478 e. The quantitative estimate of drug-likeness (QED) is 0.782. The number of anilines is 1. The van der Waals surface area contributed by atoms with Crippen LogP contribution in [0.15, 0.2) is 6.07 Å². The van der Waals surface area contributed by atoms with Crippen LogP contribution in [-0.2, 0) is 11.2 Å². The number of carboxylic acid groups (broad SMARTS) is 1. The number of nitrogens with one attached hydrogen (secondary N) is 1. The smallest absolute Gasteiger partial charge is 0.338 e. The van der Waals surface area contributed by atoms with E-state index in [1.165, 1.54) is 23.1 Å². The number of aromatic carboxylic acids is 1. The first kappa shape index (κ1) is 14.5. The van der Waals surface area contributed by atoms with Crippen LogP contribution >= 0.6 is 23.1 Å². The SMILES string of the molecule is CCc1cc(C(=O)O)c(NC(=O)CSCC#N)s1. The third kappa shape index (κ3) is 4.05. The normalized spacial score (nSPS) is 9.78. The highest BCUT2D eigenvalue weighted by molar-refractivity contribution is 8.00. The number of hydrogen-bond donors (Lipinski definition) is 2. The van der Waals surface area contributed by atoms with Crippen LogP contribution in [0.5, 0.6) is 0 Å². The van der Waals surface area contributed by atoms with E-state index >= 15 is 0 Å². The molecule has 0 spiro atoms. The number of rotatable bonds is 6. The van der Waals surface area contributed by atoms with Gasteiger partial charge in [-0.3, -0.25) is 4.79 Å². The number of aryl methyl sites for hydroxylation is 1. The maximum atomic E-state index is 11.5. The van der Waals surface area contributed by atoms with Crippen molar-refractivity contribution in [3.63, 3.8) is 0 Å². The molecule has 96 valence electrons. The number of thiophene rings is 1. The lowest BCUT2D eigenvalue weighted by Gasteiger charge is -2.02. The molecule has 0 saturated heterocycles. The fraction of sp³-hybridized carbons (Fsp3) is 0.364. The zero-order valence-electron chi connectivity index (χ0n) is 9.73. The van der Waals surface area contributed by atoms with Crippen molar-refractivity contribution < 1.29 is 14.7 Å². The standard InChI is InChI=1S/C11H12N2O3S2/c1-2-7-5-8(11(15)16)10(18-7)13-9(14)6-17-4-3-12/h5H,2,4,6H2,1H3,(H,13,14)(H,15,16). The van der Waals surface area contributed by atoms with Gasteiger partial charge in [0.15, 0.2) is 0 Å². The predicted octanol–water partition coefficient (Wildman–Crippen LogP) is 2.20. The second-order valence-corrected chi connectivity index (χ2v) is 5.44. The highest BCUT2D eigenvalue weighted by atomic mass is 32.2. The lowest BCUT2D eigenvalue weighted by molar-refractivity contribution is -0.113. The molecule has 1 heterocycles. The molecule has 5 nitrogen and oxygen atoms in total. The predicted molar refractivity (Wildman–Crippen MR) is 72.2 cm³/mol. The summed E-state index contributed by atoms with van der Waals surface area (Å²) in [4.78, 5) is 23.4. The van der Waals surface area contributed by atoms with E-state index in [0.29, 0.717) is 5.00 Å². The summed E-state index contributed by atoms with van der Waals surface area (Å²) in [5.74, 6) is -0.955. The summed E-state index contributed by atoms with van der Waals surface area (Å²) in [7, 11) is 0. The Morgan fingerprint density at radius 3 is 2.89 bits per heavy atom. The molecule has 0 radical (unpaired) electrons. The second-order valence-electron chi connectivity index (χ2n) is 3.31. The van der Waals surface area contributed by atoms with Crippen molar-refractivity contribution >= 4 is 40.0 Å². The third-order valence-electron chi connectivity index (χ3n) is 2.01. The number of nitriles is 1. The average Bonchev–Trinajstić information content (AvgIpc) is 2.72. The minimum atomic E-state index is -1.05. The Morgan fingerprint density at radius 2 is 2.33 bits per heavy atom. The molecule has 0 bridgehead atoms. The van der Waals surface area contributed by atoms with Crippen molar-refractivity contribution in [3.05, 3.63) is 16.5 Å². The molecular formula is C11H12N2O3S2. The number of hydrogen-bond acceptors (Lipinski definition) is 5. The van der Waals surface area contributed by atoms with Crippen LogP contribution in [-0.4, -0.2) is 28.5 Å². The molecule has 1 aromatic rings. The molecule has 1 amide bonds. The monoisotopic (exact) mass is 284 g/mol. The fourth-order valence-corrected chi connectivity index (χ4v) is 2.68. The van der Waals surface area contributed by atoms with Crippen LogP contribution in [0.3, 0.4) is 0 Å². The summed E-state index contributed by atoms with van der Waals surface area (Å²) in [6.07, 6.45) is 0.726. The van der Waals surface area contributed by atoms with Crippen molar-refractivity contribution in [2.24, 2.45) is 0 Å². The fourth-order valence-electron chi connectivity index (χ4n) is 1.22. The molecule has 1 rings (SSSR count). The van der Waals surface area contributed by atoms with E-state index in [1.807, 2.05) is 13.0 Å². The zero-order chi connectivity index (χ0) is 13.5. The lowest BCUT2D eigenvalue weighted by Crippen LogP contribution is -2.15. The molecule has 0 unspecified atom stereocenters. The summed E-state index contributed by atoms with van der Waals surface area (Å²) in [6, 6.07) is 3.50. The first-order valence-electron chi connectivity index (χ1n) is 5.19. The van der Waals surface area contributed by atoms with E-state index < -0.39 is 5.97 Å². The van der Waals surface area contributed by atoms with Gasteiger partial charge in [-0.15, -0.1) is 23.1 Å². The topological polar surface area (TPSA) is 90.2 Å². The summed E-state index contributed by atoms with van der Waals surface area (Å²) in [6.45, 7) is 1.92. The van der Waals surface area contributed by atoms with Gasteiger partial charge in [0.25, 0.3) is 0 Å². The van der Waals surface area contributed by atoms with Gasteiger partial charge in [0.2, 0.25) is 5.91 Å². The minimum absolute atomic E-state index is 0.121. The number of nitrogens with zero attached hydrogens (tertiary/aromatic N) is 1. The van der Waals surface area contributed by atoms with Crippen LogP contribution in [0.1, 0.15) is 22.2 Å². The van der Waals surface area contributed by atoms with Crippen LogP contribution < -0.4 is 5.32 Å². The molecule has 0 saturated carbocycles. The van der Waals surface area contributed by atoms with Crippen molar-refractivity contribution in [1.29, 1.82) is 5.26 Å². The van der Waals surface area contributed by atoms with E-state index in [0.717, 1.165) is 11.3 Å². The Labute approximate surface area is 113 Å². The average molecular weight is 284 g/mol. The molecule has 7 heteroatoms. The van der Waals surface area contributed by atoms with Gasteiger partial charge in [-0.2, -0.15) is 5.26 Å². The largest absolute Gasteiger partial charge is 0.478 e. The van der Waals surface area contributed by atoms with Crippen LogP contribution in [0.25, 0.3) is 0 Å².